The standard InChI is InChI=1S/C15H26N2O4/c18-10-11-6-2-1-5-9-17(11)15(21)16-13-8-4-3-7-12(13)14(19)20/h11-13,18H,1-10H2,(H,16,21)(H,19,20). The van der Waals surface area contributed by atoms with Gasteiger partial charge in [-0.05, 0) is 25.7 Å². The Morgan fingerprint density at radius 1 is 1.05 bits per heavy atom. The zero-order chi connectivity index (χ0) is 15.2. The third kappa shape index (κ3) is 4.09. The molecule has 120 valence electrons. The number of nitrogens with zero attached hydrogens (tertiary/aromatic N) is 1. The van der Waals surface area contributed by atoms with Gasteiger partial charge < -0.3 is 20.4 Å². The lowest BCUT2D eigenvalue weighted by atomic mass is 9.84. The molecule has 0 radical (unpaired) electrons. The number of carbonyl (C=O) groups excluding carboxylic acids is 1. The number of carboxylic acid groups (broad SMARTS) is 1. The molecule has 2 amide bonds. The number of aliphatic carboxylic acids is 1. The second kappa shape index (κ2) is 7.64. The van der Waals surface area contributed by atoms with Crippen LogP contribution < -0.4 is 5.32 Å². The fourth-order valence-corrected chi connectivity index (χ4v) is 3.48. The Labute approximate surface area is 125 Å². The summed E-state index contributed by atoms with van der Waals surface area (Å²) in [4.78, 5) is 25.5. The van der Waals surface area contributed by atoms with Crippen molar-refractivity contribution in [2.24, 2.45) is 5.92 Å². The molecule has 0 aromatic carbocycles. The summed E-state index contributed by atoms with van der Waals surface area (Å²) in [7, 11) is 0. The molecule has 0 bridgehead atoms. The number of hydrogen-bond donors (Lipinski definition) is 3. The summed E-state index contributed by atoms with van der Waals surface area (Å²) < 4.78 is 0. The Hall–Kier alpha value is -1.30. The van der Waals surface area contributed by atoms with Crippen molar-refractivity contribution in [1.29, 1.82) is 0 Å². The van der Waals surface area contributed by atoms with Crippen LogP contribution in [0.2, 0.25) is 0 Å². The Morgan fingerprint density at radius 3 is 2.48 bits per heavy atom. The first-order valence-electron chi connectivity index (χ1n) is 8.04. The Kier molecular flexibility index (Phi) is 5.85. The van der Waals surface area contributed by atoms with Crippen molar-refractivity contribution in [3.63, 3.8) is 0 Å². The molecule has 1 saturated carbocycles. The maximum Gasteiger partial charge on any atom is 0.317 e. The molecule has 0 aromatic heterocycles. The molecule has 3 N–H and O–H groups in total. The third-order valence-corrected chi connectivity index (χ3v) is 4.74. The molecule has 1 aliphatic carbocycles. The summed E-state index contributed by atoms with van der Waals surface area (Å²) in [5.41, 5.74) is 0. The molecule has 1 heterocycles. The zero-order valence-corrected chi connectivity index (χ0v) is 12.5. The van der Waals surface area contributed by atoms with E-state index in [2.05, 4.69) is 5.32 Å². The molecule has 6 heteroatoms. The number of amides is 2. The lowest BCUT2D eigenvalue weighted by molar-refractivity contribution is -0.143. The van der Waals surface area contributed by atoms with Crippen LogP contribution in [-0.4, -0.2) is 52.3 Å². The molecule has 3 unspecified atom stereocenters. The van der Waals surface area contributed by atoms with Gasteiger partial charge >= 0.3 is 12.0 Å². The van der Waals surface area contributed by atoms with E-state index >= 15 is 0 Å². The summed E-state index contributed by atoms with van der Waals surface area (Å²) in [5, 5.41) is 21.6. The van der Waals surface area contributed by atoms with E-state index in [9.17, 15) is 19.8 Å². The van der Waals surface area contributed by atoms with Gasteiger partial charge in [0.2, 0.25) is 0 Å². The molecule has 2 rings (SSSR count). The number of aliphatic hydroxyl groups is 1. The molecule has 0 aromatic rings. The lowest BCUT2D eigenvalue weighted by Crippen LogP contribution is -2.53. The van der Waals surface area contributed by atoms with Crippen LogP contribution in [0.25, 0.3) is 0 Å². The summed E-state index contributed by atoms with van der Waals surface area (Å²) in [6.45, 7) is 0.613. The number of carbonyl (C=O) groups is 2. The summed E-state index contributed by atoms with van der Waals surface area (Å²) in [6.07, 6.45) is 7.07. The van der Waals surface area contributed by atoms with E-state index in [-0.39, 0.29) is 24.7 Å². The van der Waals surface area contributed by atoms with E-state index < -0.39 is 11.9 Å². The van der Waals surface area contributed by atoms with E-state index in [0.717, 1.165) is 44.9 Å². The zero-order valence-electron chi connectivity index (χ0n) is 12.5. The first-order chi connectivity index (χ1) is 10.1. The number of rotatable bonds is 3. The SMILES string of the molecule is O=C(O)C1CCCCC1NC(=O)N1CCCCCC1CO. The van der Waals surface area contributed by atoms with E-state index in [1.807, 2.05) is 0 Å². The molecule has 3 atom stereocenters. The van der Waals surface area contributed by atoms with Crippen LogP contribution in [0.1, 0.15) is 51.4 Å². The van der Waals surface area contributed by atoms with Crippen molar-refractivity contribution < 1.29 is 19.8 Å². The van der Waals surface area contributed by atoms with Crippen molar-refractivity contribution in [1.82, 2.24) is 10.2 Å². The normalized spacial score (nSPS) is 30.5. The van der Waals surface area contributed by atoms with Crippen molar-refractivity contribution in [2.45, 2.75) is 63.5 Å². The van der Waals surface area contributed by atoms with Gasteiger partial charge in [0.1, 0.15) is 0 Å². The van der Waals surface area contributed by atoms with Crippen molar-refractivity contribution in [3.05, 3.63) is 0 Å². The summed E-state index contributed by atoms with van der Waals surface area (Å²) in [6, 6.07) is -0.639. The van der Waals surface area contributed by atoms with Crippen molar-refractivity contribution in [2.75, 3.05) is 13.2 Å². The first-order valence-corrected chi connectivity index (χ1v) is 8.04. The van der Waals surface area contributed by atoms with Gasteiger partial charge in [0, 0.05) is 12.6 Å². The monoisotopic (exact) mass is 298 g/mol. The number of hydrogen-bond acceptors (Lipinski definition) is 3. The highest BCUT2D eigenvalue weighted by Crippen LogP contribution is 2.25. The average molecular weight is 298 g/mol. The molecule has 2 aliphatic rings. The van der Waals surface area contributed by atoms with Gasteiger partial charge in [-0.3, -0.25) is 4.79 Å². The molecule has 1 saturated heterocycles. The number of nitrogens with one attached hydrogen (secondary N) is 1. The topological polar surface area (TPSA) is 89.9 Å². The van der Waals surface area contributed by atoms with Crippen molar-refractivity contribution in [3.8, 4) is 0 Å². The van der Waals surface area contributed by atoms with Crippen LogP contribution in [0.15, 0.2) is 0 Å². The Morgan fingerprint density at radius 2 is 1.76 bits per heavy atom. The van der Waals surface area contributed by atoms with Gasteiger partial charge in [-0.1, -0.05) is 25.7 Å². The molecule has 21 heavy (non-hydrogen) atoms. The quantitative estimate of drug-likeness (QED) is 0.738. The summed E-state index contributed by atoms with van der Waals surface area (Å²) >= 11 is 0. The first kappa shape index (κ1) is 16.1. The lowest BCUT2D eigenvalue weighted by Gasteiger charge is -2.34. The third-order valence-electron chi connectivity index (χ3n) is 4.74. The van der Waals surface area contributed by atoms with E-state index in [4.69, 9.17) is 0 Å². The Balaban J connectivity index is 1.99. The van der Waals surface area contributed by atoms with Gasteiger partial charge in [-0.15, -0.1) is 0 Å². The van der Waals surface area contributed by atoms with Crippen LogP contribution >= 0.6 is 0 Å². The number of carboxylic acids is 1. The van der Waals surface area contributed by atoms with Crippen LogP contribution in [0.3, 0.4) is 0 Å². The van der Waals surface area contributed by atoms with Crippen LogP contribution in [0.5, 0.6) is 0 Å². The van der Waals surface area contributed by atoms with Crippen LogP contribution in [-0.2, 0) is 4.79 Å². The van der Waals surface area contributed by atoms with Gasteiger partial charge in [-0.25, -0.2) is 4.79 Å². The molecular formula is C15H26N2O4. The highest BCUT2D eigenvalue weighted by molar-refractivity contribution is 5.77. The minimum absolute atomic E-state index is 0.0273. The highest BCUT2D eigenvalue weighted by Gasteiger charge is 2.34. The minimum Gasteiger partial charge on any atom is -0.481 e. The smallest absolute Gasteiger partial charge is 0.317 e. The molecule has 2 fully saturated rings. The second-order valence-electron chi connectivity index (χ2n) is 6.16. The maximum absolute atomic E-state index is 12.5. The fraction of sp³-hybridized carbons (Fsp3) is 0.867. The predicted octanol–water partition coefficient (Wildman–Crippen LogP) is 1.58. The van der Waals surface area contributed by atoms with E-state index in [1.54, 1.807) is 4.90 Å². The van der Waals surface area contributed by atoms with E-state index in [1.165, 1.54) is 0 Å². The largest absolute Gasteiger partial charge is 0.481 e. The average Bonchev–Trinajstić information content (AvgIpc) is 2.72. The van der Waals surface area contributed by atoms with Gasteiger partial charge in [0.05, 0.1) is 18.6 Å². The number of aliphatic hydroxyl groups excluding tert-OH is 1. The van der Waals surface area contributed by atoms with Gasteiger partial charge in [0.25, 0.3) is 0 Å². The predicted molar refractivity (Wildman–Crippen MR) is 78.0 cm³/mol. The summed E-state index contributed by atoms with van der Waals surface area (Å²) in [5.74, 6) is -1.31. The number of urea groups is 1. The van der Waals surface area contributed by atoms with Gasteiger partial charge in [0.15, 0.2) is 0 Å². The highest BCUT2D eigenvalue weighted by atomic mass is 16.4. The molecule has 0 spiro atoms. The minimum atomic E-state index is -0.824. The van der Waals surface area contributed by atoms with Gasteiger partial charge in [-0.2, -0.15) is 0 Å². The second-order valence-corrected chi connectivity index (χ2v) is 6.16. The van der Waals surface area contributed by atoms with Crippen LogP contribution in [0.4, 0.5) is 4.79 Å². The Bertz CT molecular complexity index is 375. The van der Waals surface area contributed by atoms with E-state index in [0.29, 0.717) is 13.0 Å². The molecular weight excluding hydrogens is 272 g/mol. The number of likely N-dealkylation sites (tertiary alicyclic amines) is 1. The molecule has 6 nitrogen and oxygen atoms in total. The molecule has 1 aliphatic heterocycles. The fourth-order valence-electron chi connectivity index (χ4n) is 3.48. The van der Waals surface area contributed by atoms with Crippen molar-refractivity contribution >= 4 is 12.0 Å². The maximum atomic E-state index is 12.5. The van der Waals surface area contributed by atoms with Crippen LogP contribution in [0, 0.1) is 5.92 Å².